The third-order valence-electron chi connectivity index (χ3n) is 3.97. The SMILES string of the molecule is Cc1cc(Nc2ccc(C(=O)NCC3CCCO3)cn2)ccc1Br. The van der Waals surface area contributed by atoms with Gasteiger partial charge in [-0.25, -0.2) is 4.98 Å². The number of pyridine rings is 1. The highest BCUT2D eigenvalue weighted by molar-refractivity contribution is 9.10. The van der Waals surface area contributed by atoms with E-state index in [2.05, 4.69) is 31.5 Å². The van der Waals surface area contributed by atoms with Gasteiger partial charge >= 0.3 is 0 Å². The Morgan fingerprint density at radius 3 is 2.92 bits per heavy atom. The van der Waals surface area contributed by atoms with E-state index in [9.17, 15) is 4.79 Å². The Bertz CT molecular complexity index is 713. The van der Waals surface area contributed by atoms with E-state index in [1.165, 1.54) is 0 Å². The molecule has 3 rings (SSSR count). The molecule has 6 heteroatoms. The molecule has 2 aromatic rings. The number of carbonyl (C=O) groups excluding carboxylic acids is 1. The van der Waals surface area contributed by atoms with Gasteiger partial charge in [0.05, 0.1) is 11.7 Å². The van der Waals surface area contributed by atoms with Crippen molar-refractivity contribution in [2.75, 3.05) is 18.5 Å². The number of benzene rings is 1. The van der Waals surface area contributed by atoms with E-state index >= 15 is 0 Å². The topological polar surface area (TPSA) is 63.2 Å². The summed E-state index contributed by atoms with van der Waals surface area (Å²) in [5.74, 6) is 0.580. The fourth-order valence-corrected chi connectivity index (χ4v) is 2.83. The van der Waals surface area contributed by atoms with Crippen LogP contribution in [0.3, 0.4) is 0 Å². The number of nitrogens with zero attached hydrogens (tertiary/aromatic N) is 1. The summed E-state index contributed by atoms with van der Waals surface area (Å²) in [6.45, 7) is 3.37. The van der Waals surface area contributed by atoms with Gasteiger partial charge in [0.2, 0.25) is 0 Å². The van der Waals surface area contributed by atoms with Gasteiger partial charge in [-0.2, -0.15) is 0 Å². The molecule has 1 unspecified atom stereocenters. The van der Waals surface area contributed by atoms with Gasteiger partial charge in [-0.05, 0) is 55.7 Å². The van der Waals surface area contributed by atoms with Crippen molar-refractivity contribution in [3.05, 3.63) is 52.1 Å². The average Bonchev–Trinajstić information content (AvgIpc) is 3.10. The van der Waals surface area contributed by atoms with E-state index in [1.807, 2.05) is 25.1 Å². The molecule has 5 nitrogen and oxygen atoms in total. The van der Waals surface area contributed by atoms with Gasteiger partial charge in [0, 0.05) is 29.5 Å². The van der Waals surface area contributed by atoms with Crippen LogP contribution in [0.15, 0.2) is 41.0 Å². The molecule has 2 N–H and O–H groups in total. The zero-order valence-electron chi connectivity index (χ0n) is 13.5. The summed E-state index contributed by atoms with van der Waals surface area (Å²) in [5, 5.41) is 6.13. The Labute approximate surface area is 149 Å². The number of nitrogens with one attached hydrogen (secondary N) is 2. The Morgan fingerprint density at radius 1 is 1.38 bits per heavy atom. The van der Waals surface area contributed by atoms with Gasteiger partial charge in [0.1, 0.15) is 5.82 Å². The molecule has 24 heavy (non-hydrogen) atoms. The van der Waals surface area contributed by atoms with Crippen LogP contribution < -0.4 is 10.6 Å². The second-order valence-corrected chi connectivity index (χ2v) is 6.72. The molecule has 1 aromatic heterocycles. The largest absolute Gasteiger partial charge is 0.376 e. The minimum atomic E-state index is -0.121. The summed E-state index contributed by atoms with van der Waals surface area (Å²) in [7, 11) is 0. The van der Waals surface area contributed by atoms with Crippen molar-refractivity contribution in [1.82, 2.24) is 10.3 Å². The van der Waals surface area contributed by atoms with Gasteiger partial charge in [0.15, 0.2) is 0 Å². The first-order chi connectivity index (χ1) is 11.6. The van der Waals surface area contributed by atoms with Gasteiger partial charge in [-0.3, -0.25) is 4.79 Å². The molecule has 1 atom stereocenters. The highest BCUT2D eigenvalue weighted by Crippen LogP contribution is 2.22. The van der Waals surface area contributed by atoms with Crippen LogP contribution in [0.25, 0.3) is 0 Å². The minimum Gasteiger partial charge on any atom is -0.376 e. The van der Waals surface area contributed by atoms with Crippen molar-refractivity contribution in [1.29, 1.82) is 0 Å². The number of halogens is 1. The van der Waals surface area contributed by atoms with Crippen LogP contribution in [0, 0.1) is 6.92 Å². The van der Waals surface area contributed by atoms with Crippen LogP contribution >= 0.6 is 15.9 Å². The highest BCUT2D eigenvalue weighted by Gasteiger charge is 2.16. The summed E-state index contributed by atoms with van der Waals surface area (Å²) >= 11 is 3.48. The number of aryl methyl sites for hydroxylation is 1. The van der Waals surface area contributed by atoms with Gasteiger partial charge in [-0.1, -0.05) is 15.9 Å². The number of carbonyl (C=O) groups is 1. The van der Waals surface area contributed by atoms with Gasteiger partial charge < -0.3 is 15.4 Å². The van der Waals surface area contributed by atoms with E-state index in [-0.39, 0.29) is 12.0 Å². The molecule has 1 saturated heterocycles. The molecule has 0 bridgehead atoms. The first-order valence-corrected chi connectivity index (χ1v) is 8.80. The summed E-state index contributed by atoms with van der Waals surface area (Å²) in [6.07, 6.45) is 3.80. The molecule has 1 aliphatic rings. The number of aromatic nitrogens is 1. The summed E-state index contributed by atoms with van der Waals surface area (Å²) in [5.41, 5.74) is 2.65. The number of anilines is 2. The molecular formula is C18H20BrN3O2. The van der Waals surface area contributed by atoms with E-state index in [4.69, 9.17) is 4.74 Å². The lowest BCUT2D eigenvalue weighted by molar-refractivity contribution is 0.0857. The monoisotopic (exact) mass is 389 g/mol. The lowest BCUT2D eigenvalue weighted by Crippen LogP contribution is -2.31. The molecule has 0 spiro atoms. The number of rotatable bonds is 5. The first-order valence-electron chi connectivity index (χ1n) is 8.01. The molecule has 1 aromatic carbocycles. The Balaban J connectivity index is 1.57. The third-order valence-corrected chi connectivity index (χ3v) is 4.86. The molecule has 1 aliphatic heterocycles. The van der Waals surface area contributed by atoms with E-state index in [1.54, 1.807) is 18.3 Å². The standard InChI is InChI=1S/C18H20BrN3O2/c1-12-9-14(5-6-16(12)19)22-17-7-4-13(10-20-17)18(23)21-11-15-3-2-8-24-15/h4-7,9-10,15H,2-3,8,11H2,1H3,(H,20,22)(H,21,23). The molecule has 126 valence electrons. The zero-order valence-corrected chi connectivity index (χ0v) is 15.1. The minimum absolute atomic E-state index is 0.121. The number of amides is 1. The van der Waals surface area contributed by atoms with Crippen molar-refractivity contribution in [3.8, 4) is 0 Å². The van der Waals surface area contributed by atoms with E-state index < -0.39 is 0 Å². The predicted molar refractivity (Wildman–Crippen MR) is 97.7 cm³/mol. The molecular weight excluding hydrogens is 370 g/mol. The molecule has 0 radical (unpaired) electrons. The quantitative estimate of drug-likeness (QED) is 0.815. The van der Waals surface area contributed by atoms with Crippen LogP contribution in [0.1, 0.15) is 28.8 Å². The normalized spacial score (nSPS) is 16.8. The first kappa shape index (κ1) is 16.9. The number of ether oxygens (including phenoxy) is 1. The predicted octanol–water partition coefficient (Wildman–Crippen LogP) is 3.80. The van der Waals surface area contributed by atoms with Crippen LogP contribution in [0.5, 0.6) is 0 Å². The Kier molecular flexibility index (Phi) is 5.48. The maximum atomic E-state index is 12.1. The van der Waals surface area contributed by atoms with Crippen LogP contribution in [-0.2, 0) is 4.74 Å². The molecule has 0 saturated carbocycles. The lowest BCUT2D eigenvalue weighted by atomic mass is 10.2. The maximum Gasteiger partial charge on any atom is 0.252 e. The van der Waals surface area contributed by atoms with Crippen molar-refractivity contribution < 1.29 is 9.53 Å². The summed E-state index contributed by atoms with van der Waals surface area (Å²) in [6, 6.07) is 9.57. The van der Waals surface area contributed by atoms with Crippen LogP contribution in [-0.4, -0.2) is 30.1 Å². The van der Waals surface area contributed by atoms with E-state index in [0.717, 1.165) is 35.2 Å². The summed E-state index contributed by atoms with van der Waals surface area (Å²) < 4.78 is 6.57. The van der Waals surface area contributed by atoms with Crippen molar-refractivity contribution >= 4 is 33.3 Å². The number of hydrogen-bond acceptors (Lipinski definition) is 4. The van der Waals surface area contributed by atoms with E-state index in [0.29, 0.717) is 17.9 Å². The van der Waals surface area contributed by atoms with Crippen LogP contribution in [0.2, 0.25) is 0 Å². The van der Waals surface area contributed by atoms with Gasteiger partial charge in [-0.15, -0.1) is 0 Å². The highest BCUT2D eigenvalue weighted by atomic mass is 79.9. The van der Waals surface area contributed by atoms with Crippen LogP contribution in [0.4, 0.5) is 11.5 Å². The Hall–Kier alpha value is -1.92. The number of hydrogen-bond donors (Lipinski definition) is 2. The Morgan fingerprint density at radius 2 is 2.25 bits per heavy atom. The average molecular weight is 390 g/mol. The summed E-state index contributed by atoms with van der Waals surface area (Å²) in [4.78, 5) is 16.4. The van der Waals surface area contributed by atoms with Crippen molar-refractivity contribution in [3.63, 3.8) is 0 Å². The van der Waals surface area contributed by atoms with Crippen molar-refractivity contribution in [2.24, 2.45) is 0 Å². The van der Waals surface area contributed by atoms with Crippen molar-refractivity contribution in [2.45, 2.75) is 25.9 Å². The smallest absolute Gasteiger partial charge is 0.252 e. The fourth-order valence-electron chi connectivity index (χ4n) is 2.59. The molecule has 1 amide bonds. The molecule has 0 aliphatic carbocycles. The fraction of sp³-hybridized carbons (Fsp3) is 0.333. The molecule has 1 fully saturated rings. The van der Waals surface area contributed by atoms with Gasteiger partial charge in [0.25, 0.3) is 5.91 Å². The maximum absolute atomic E-state index is 12.1. The second-order valence-electron chi connectivity index (χ2n) is 5.87. The lowest BCUT2D eigenvalue weighted by Gasteiger charge is -2.11. The molecule has 2 heterocycles. The zero-order chi connectivity index (χ0) is 16.9. The second kappa shape index (κ2) is 7.77. The third kappa shape index (κ3) is 4.33.